The number of para-hydroxylation sites is 1. The summed E-state index contributed by atoms with van der Waals surface area (Å²) in [4.78, 5) is 93.8. The van der Waals surface area contributed by atoms with Crippen molar-refractivity contribution in [3.63, 3.8) is 0 Å². The molecular weight excluding hydrogens is 757 g/mol. The summed E-state index contributed by atoms with van der Waals surface area (Å²) in [6.45, 7) is 2.17. The van der Waals surface area contributed by atoms with E-state index in [2.05, 4.69) is 36.9 Å². The molecule has 2 atom stereocenters. The van der Waals surface area contributed by atoms with E-state index in [4.69, 9.17) is 5.73 Å². The number of benzene rings is 2. The van der Waals surface area contributed by atoms with Crippen LogP contribution in [0.4, 0.5) is 16.2 Å². The summed E-state index contributed by atoms with van der Waals surface area (Å²) in [6.07, 6.45) is 9.85. The Labute approximate surface area is 343 Å². The number of anilines is 2. The van der Waals surface area contributed by atoms with E-state index in [0.717, 1.165) is 17.5 Å². The second kappa shape index (κ2) is 23.0. The summed E-state index contributed by atoms with van der Waals surface area (Å²) < 4.78 is 0. The van der Waals surface area contributed by atoms with Crippen LogP contribution >= 0.6 is 0 Å². The second-order valence-electron chi connectivity index (χ2n) is 14.6. The number of urea groups is 1. The van der Waals surface area contributed by atoms with E-state index in [1.807, 2.05) is 31.2 Å². The summed E-state index contributed by atoms with van der Waals surface area (Å²) >= 11 is 0. The van der Waals surface area contributed by atoms with Gasteiger partial charge in [-0.3, -0.25) is 33.8 Å². The molecule has 1 heterocycles. The van der Waals surface area contributed by atoms with Crippen LogP contribution in [0, 0.1) is 6.92 Å². The number of carboxylic acid groups (broad SMARTS) is 1. The van der Waals surface area contributed by atoms with Gasteiger partial charge in [-0.25, -0.2) is 4.79 Å². The van der Waals surface area contributed by atoms with Crippen LogP contribution in [-0.4, -0.2) is 75.8 Å². The number of aliphatic carboxylic acids is 1. The Morgan fingerprint density at radius 3 is 2.22 bits per heavy atom. The molecule has 16 heteroatoms. The first-order valence-electron chi connectivity index (χ1n) is 19.9. The molecule has 9 N–H and O–H groups in total. The highest BCUT2D eigenvalue weighted by atomic mass is 16.4. The number of hydrogen-bond donors (Lipinski definition) is 8. The number of primary amides is 1. The van der Waals surface area contributed by atoms with Gasteiger partial charge in [-0.05, 0) is 98.9 Å². The predicted octanol–water partition coefficient (Wildman–Crippen LogP) is 4.11. The Balaban J connectivity index is 1.41. The molecule has 3 aromatic rings. The van der Waals surface area contributed by atoms with Crippen molar-refractivity contribution >= 4 is 59.0 Å². The quantitative estimate of drug-likeness (QED) is 0.0569. The van der Waals surface area contributed by atoms with Gasteiger partial charge in [-0.2, -0.15) is 0 Å². The number of carbonyl (C=O) groups excluding carboxylic acids is 6. The molecule has 1 fully saturated rings. The lowest BCUT2D eigenvalue weighted by atomic mass is 9.80. The Kier molecular flexibility index (Phi) is 17.6. The van der Waals surface area contributed by atoms with Crippen molar-refractivity contribution < 1.29 is 38.7 Å². The minimum absolute atomic E-state index is 0.0403. The lowest BCUT2D eigenvalue weighted by Crippen LogP contribution is -2.62. The smallest absolute Gasteiger partial charge is 0.323 e. The Hall–Kier alpha value is -6.58. The van der Waals surface area contributed by atoms with Crippen LogP contribution in [0.25, 0.3) is 6.08 Å². The van der Waals surface area contributed by atoms with Gasteiger partial charge in [0.15, 0.2) is 0 Å². The third-order valence-electron chi connectivity index (χ3n) is 10.0. The summed E-state index contributed by atoms with van der Waals surface area (Å²) in [6, 6.07) is 14.8. The van der Waals surface area contributed by atoms with Crippen LogP contribution in [0.1, 0.15) is 87.3 Å². The summed E-state index contributed by atoms with van der Waals surface area (Å²) in [5.41, 5.74) is 7.89. The number of carbonyl (C=O) groups is 7. The molecule has 0 radical (unpaired) electrons. The molecule has 0 aliphatic heterocycles. The number of carboxylic acids is 1. The Bertz CT molecular complexity index is 1950. The molecular formula is C43H54N8O8. The highest BCUT2D eigenvalue weighted by Crippen LogP contribution is 2.28. The van der Waals surface area contributed by atoms with E-state index >= 15 is 0 Å². The van der Waals surface area contributed by atoms with Crippen molar-refractivity contribution in [1.82, 2.24) is 26.3 Å². The Morgan fingerprint density at radius 2 is 1.54 bits per heavy atom. The zero-order chi connectivity index (χ0) is 42.6. The van der Waals surface area contributed by atoms with Crippen molar-refractivity contribution in [2.24, 2.45) is 5.73 Å². The topological polar surface area (TPSA) is 251 Å². The number of rotatable bonds is 21. The molecule has 2 aromatic carbocycles. The zero-order valence-corrected chi connectivity index (χ0v) is 33.3. The fraction of sp³-hybridized carbons (Fsp3) is 0.395. The third kappa shape index (κ3) is 15.4. The number of nitrogens with zero attached hydrogens (tertiary/aromatic N) is 1. The van der Waals surface area contributed by atoms with Crippen LogP contribution in [0.3, 0.4) is 0 Å². The standard InChI is InChI=1S/C43H54N8O8/c1-29-11-3-4-13-33(29)50-42(59)47-32-20-17-30(18-21-32)27-37(53)48-34(14-5-8-26-46-36(52)22-19-31-12-10-25-45-28-31)39(56)49-35(15-9-16-38(54)55)40(57)51-43(41(44)58)23-6-2-7-24-43/h3-4,10-13,17-22,25,28,34-35H,2,5-9,14-16,23-24,26-27H2,1H3,(H2,44,58)(H,46,52)(H,48,53)(H,49,56)(H,51,57)(H,54,55)(H2,47,50,59). The van der Waals surface area contributed by atoms with Gasteiger partial charge in [0.2, 0.25) is 29.5 Å². The van der Waals surface area contributed by atoms with Gasteiger partial charge in [0.1, 0.15) is 17.6 Å². The third-order valence-corrected chi connectivity index (χ3v) is 10.0. The minimum Gasteiger partial charge on any atom is -0.481 e. The van der Waals surface area contributed by atoms with Gasteiger partial charge in [0.25, 0.3) is 0 Å². The SMILES string of the molecule is Cc1ccccc1NC(=O)Nc1ccc(CC(=O)NC(CCCCNC(=O)C=Cc2cccnc2)C(=O)NC(CCCC(=O)O)C(=O)NC2(C(N)=O)CCCCC2)cc1. The van der Waals surface area contributed by atoms with Crippen LogP contribution < -0.4 is 37.6 Å². The lowest BCUT2D eigenvalue weighted by molar-refractivity contribution is -0.138. The number of aryl methyl sites for hydroxylation is 1. The van der Waals surface area contributed by atoms with E-state index in [-0.39, 0.29) is 44.6 Å². The number of hydrogen-bond acceptors (Lipinski definition) is 8. The van der Waals surface area contributed by atoms with Gasteiger partial charge >= 0.3 is 12.0 Å². The van der Waals surface area contributed by atoms with Crippen molar-refractivity contribution in [3.8, 4) is 0 Å². The fourth-order valence-corrected chi connectivity index (χ4v) is 6.70. The predicted molar refractivity (Wildman–Crippen MR) is 223 cm³/mol. The van der Waals surface area contributed by atoms with Crippen molar-refractivity contribution in [3.05, 3.63) is 95.8 Å². The Morgan fingerprint density at radius 1 is 0.831 bits per heavy atom. The van der Waals surface area contributed by atoms with Crippen molar-refractivity contribution in [1.29, 1.82) is 0 Å². The van der Waals surface area contributed by atoms with Gasteiger partial charge < -0.3 is 42.7 Å². The maximum atomic E-state index is 13.9. The first-order valence-corrected chi connectivity index (χ1v) is 19.9. The molecule has 16 nitrogen and oxygen atoms in total. The van der Waals surface area contributed by atoms with E-state index in [9.17, 15) is 38.7 Å². The van der Waals surface area contributed by atoms with Gasteiger partial charge in [0, 0.05) is 42.8 Å². The summed E-state index contributed by atoms with van der Waals surface area (Å²) in [5, 5.41) is 25.8. The molecule has 0 bridgehead atoms. The molecule has 0 spiro atoms. The van der Waals surface area contributed by atoms with Crippen LogP contribution in [0.5, 0.6) is 0 Å². The number of nitrogens with one attached hydrogen (secondary N) is 6. The molecule has 1 aromatic heterocycles. The maximum Gasteiger partial charge on any atom is 0.323 e. The molecule has 2 unspecified atom stereocenters. The average Bonchev–Trinajstić information content (AvgIpc) is 3.21. The molecule has 7 amide bonds. The number of amides is 7. The number of unbranched alkanes of at least 4 members (excludes halogenated alkanes) is 1. The monoisotopic (exact) mass is 810 g/mol. The van der Waals surface area contributed by atoms with Crippen LogP contribution in [0.15, 0.2) is 79.1 Å². The highest BCUT2D eigenvalue weighted by molar-refractivity contribution is 6.00. The van der Waals surface area contributed by atoms with E-state index in [1.165, 1.54) is 6.08 Å². The average molecular weight is 811 g/mol. The fourth-order valence-electron chi connectivity index (χ4n) is 6.70. The largest absolute Gasteiger partial charge is 0.481 e. The first-order chi connectivity index (χ1) is 28.3. The second-order valence-corrected chi connectivity index (χ2v) is 14.6. The molecule has 1 aliphatic rings. The van der Waals surface area contributed by atoms with E-state index in [1.54, 1.807) is 54.9 Å². The minimum atomic E-state index is -1.29. The summed E-state index contributed by atoms with van der Waals surface area (Å²) in [5.74, 6) is -3.90. The maximum absolute atomic E-state index is 13.9. The first kappa shape index (κ1) is 45.1. The van der Waals surface area contributed by atoms with E-state index < -0.39 is 53.3 Å². The molecule has 0 saturated heterocycles. The normalized spacial score (nSPS) is 14.3. The number of nitrogens with two attached hydrogens (primary N) is 1. The van der Waals surface area contributed by atoms with Gasteiger partial charge in [-0.1, -0.05) is 55.7 Å². The van der Waals surface area contributed by atoms with Gasteiger partial charge in [-0.15, -0.1) is 0 Å². The molecule has 314 valence electrons. The number of pyridine rings is 1. The number of aromatic nitrogens is 1. The molecule has 1 saturated carbocycles. The lowest BCUT2D eigenvalue weighted by Gasteiger charge is -2.36. The zero-order valence-electron chi connectivity index (χ0n) is 33.3. The van der Waals surface area contributed by atoms with Crippen LogP contribution in [0.2, 0.25) is 0 Å². The van der Waals surface area contributed by atoms with E-state index in [0.29, 0.717) is 55.5 Å². The van der Waals surface area contributed by atoms with Crippen molar-refractivity contribution in [2.75, 3.05) is 17.2 Å². The van der Waals surface area contributed by atoms with Gasteiger partial charge in [0.05, 0.1) is 6.42 Å². The highest BCUT2D eigenvalue weighted by Gasteiger charge is 2.41. The molecule has 4 rings (SSSR count). The molecule has 1 aliphatic carbocycles. The van der Waals surface area contributed by atoms with Crippen molar-refractivity contribution in [2.45, 2.75) is 102 Å². The molecule has 59 heavy (non-hydrogen) atoms. The van der Waals surface area contributed by atoms with Crippen LogP contribution in [-0.2, 0) is 35.2 Å². The summed E-state index contributed by atoms with van der Waals surface area (Å²) in [7, 11) is 0.